The first-order valence-electron chi connectivity index (χ1n) is 5.96. The highest BCUT2D eigenvalue weighted by Gasteiger charge is 2.11. The molecule has 3 N–H and O–H groups in total. The van der Waals surface area contributed by atoms with E-state index in [1.54, 1.807) is 7.11 Å². The molecule has 5 heteroatoms. The van der Waals surface area contributed by atoms with E-state index in [1.165, 1.54) is 0 Å². The number of hydrogen-bond acceptors (Lipinski definition) is 4. The van der Waals surface area contributed by atoms with E-state index in [0.717, 1.165) is 12.2 Å². The standard InChI is InChI=1S/C13H21N3O2/c1-11(18-2)10-16(9-8-13(14)15-17)12-6-4-3-5-7-12/h3-7,11,17H,8-10H2,1-2H3,(H2,14,15). The molecule has 0 saturated carbocycles. The summed E-state index contributed by atoms with van der Waals surface area (Å²) >= 11 is 0. The third kappa shape index (κ3) is 4.63. The Morgan fingerprint density at radius 3 is 2.67 bits per heavy atom. The van der Waals surface area contributed by atoms with Crippen LogP contribution in [0.1, 0.15) is 13.3 Å². The van der Waals surface area contributed by atoms with Crippen LogP contribution < -0.4 is 10.6 Å². The fraction of sp³-hybridized carbons (Fsp3) is 0.462. The molecule has 0 spiro atoms. The van der Waals surface area contributed by atoms with Crippen LogP contribution in [0.15, 0.2) is 35.5 Å². The van der Waals surface area contributed by atoms with Crippen LogP contribution in [0, 0.1) is 0 Å². The van der Waals surface area contributed by atoms with Crippen molar-refractivity contribution in [3.8, 4) is 0 Å². The molecule has 1 aromatic rings. The number of anilines is 1. The van der Waals surface area contributed by atoms with Crippen molar-refractivity contribution in [1.29, 1.82) is 0 Å². The minimum Gasteiger partial charge on any atom is -0.409 e. The molecule has 0 saturated heterocycles. The van der Waals surface area contributed by atoms with Crippen LogP contribution in [0.2, 0.25) is 0 Å². The van der Waals surface area contributed by atoms with Crippen LogP contribution in [0.25, 0.3) is 0 Å². The van der Waals surface area contributed by atoms with Gasteiger partial charge in [-0.3, -0.25) is 0 Å². The number of rotatable bonds is 7. The summed E-state index contributed by atoms with van der Waals surface area (Å²) < 4.78 is 5.28. The molecule has 0 fully saturated rings. The second-order valence-electron chi connectivity index (χ2n) is 4.17. The second-order valence-corrected chi connectivity index (χ2v) is 4.17. The zero-order valence-corrected chi connectivity index (χ0v) is 10.9. The molecule has 1 aromatic carbocycles. The highest BCUT2D eigenvalue weighted by Crippen LogP contribution is 2.14. The van der Waals surface area contributed by atoms with E-state index < -0.39 is 0 Å². The molecule has 0 aromatic heterocycles. The number of benzene rings is 1. The maximum atomic E-state index is 8.57. The molecule has 0 aliphatic carbocycles. The predicted octanol–water partition coefficient (Wildman–Crippen LogP) is 1.66. The van der Waals surface area contributed by atoms with Crippen LogP contribution in [0.5, 0.6) is 0 Å². The zero-order valence-electron chi connectivity index (χ0n) is 10.9. The number of methoxy groups -OCH3 is 1. The molecular formula is C13H21N3O2. The Morgan fingerprint density at radius 1 is 1.44 bits per heavy atom. The number of hydrogen-bond donors (Lipinski definition) is 2. The number of amidine groups is 1. The Morgan fingerprint density at radius 2 is 2.11 bits per heavy atom. The van der Waals surface area contributed by atoms with Crippen LogP contribution in [-0.4, -0.2) is 37.3 Å². The summed E-state index contributed by atoms with van der Waals surface area (Å²) in [6, 6.07) is 10.0. The first-order chi connectivity index (χ1) is 8.67. The lowest BCUT2D eigenvalue weighted by Gasteiger charge is -2.27. The lowest BCUT2D eigenvalue weighted by atomic mass is 10.2. The van der Waals surface area contributed by atoms with Gasteiger partial charge in [-0.05, 0) is 19.1 Å². The molecule has 0 aliphatic rings. The van der Waals surface area contributed by atoms with Gasteiger partial charge >= 0.3 is 0 Å². The smallest absolute Gasteiger partial charge is 0.140 e. The molecule has 1 rings (SSSR count). The summed E-state index contributed by atoms with van der Waals surface area (Å²) in [7, 11) is 1.69. The van der Waals surface area contributed by atoms with Crippen LogP contribution in [-0.2, 0) is 4.74 Å². The molecule has 0 heterocycles. The van der Waals surface area contributed by atoms with Crippen molar-refractivity contribution in [2.24, 2.45) is 10.9 Å². The van der Waals surface area contributed by atoms with Gasteiger partial charge in [-0.1, -0.05) is 23.4 Å². The van der Waals surface area contributed by atoms with E-state index in [9.17, 15) is 0 Å². The van der Waals surface area contributed by atoms with Crippen molar-refractivity contribution < 1.29 is 9.94 Å². The third-order valence-corrected chi connectivity index (χ3v) is 2.77. The normalized spacial score (nSPS) is 13.3. The highest BCUT2D eigenvalue weighted by atomic mass is 16.5. The number of para-hydroxylation sites is 1. The highest BCUT2D eigenvalue weighted by molar-refractivity contribution is 5.80. The molecule has 18 heavy (non-hydrogen) atoms. The molecule has 1 atom stereocenters. The van der Waals surface area contributed by atoms with E-state index in [1.807, 2.05) is 37.3 Å². The average Bonchev–Trinajstić information content (AvgIpc) is 2.43. The summed E-state index contributed by atoms with van der Waals surface area (Å²) in [6.45, 7) is 3.46. The second kappa shape index (κ2) is 7.55. The van der Waals surface area contributed by atoms with Crippen LogP contribution in [0.4, 0.5) is 5.69 Å². The SMILES string of the molecule is COC(C)CN(CC/C(N)=N/O)c1ccccc1. The minimum atomic E-state index is 0.123. The predicted molar refractivity (Wildman–Crippen MR) is 73.2 cm³/mol. The first-order valence-corrected chi connectivity index (χ1v) is 5.96. The Labute approximate surface area is 108 Å². The fourth-order valence-electron chi connectivity index (χ4n) is 1.65. The minimum absolute atomic E-state index is 0.123. The number of nitrogens with zero attached hydrogens (tertiary/aromatic N) is 2. The monoisotopic (exact) mass is 251 g/mol. The Balaban J connectivity index is 2.69. The van der Waals surface area contributed by atoms with Crippen molar-refractivity contribution in [3.05, 3.63) is 30.3 Å². The van der Waals surface area contributed by atoms with Gasteiger partial charge in [-0.2, -0.15) is 0 Å². The lowest BCUT2D eigenvalue weighted by Crippen LogP contribution is -2.34. The van der Waals surface area contributed by atoms with E-state index >= 15 is 0 Å². The van der Waals surface area contributed by atoms with Crippen molar-refractivity contribution in [2.75, 3.05) is 25.1 Å². The van der Waals surface area contributed by atoms with Crippen molar-refractivity contribution in [2.45, 2.75) is 19.4 Å². The van der Waals surface area contributed by atoms with Crippen LogP contribution >= 0.6 is 0 Å². The van der Waals surface area contributed by atoms with Gasteiger partial charge in [-0.25, -0.2) is 0 Å². The molecule has 100 valence electrons. The molecule has 0 bridgehead atoms. The summed E-state index contributed by atoms with van der Waals surface area (Å²) in [4.78, 5) is 2.16. The maximum absolute atomic E-state index is 8.57. The summed E-state index contributed by atoms with van der Waals surface area (Å²) in [5.41, 5.74) is 6.61. The number of oxime groups is 1. The van der Waals surface area contributed by atoms with Gasteiger partial charge < -0.3 is 20.6 Å². The van der Waals surface area contributed by atoms with Gasteiger partial charge in [0.05, 0.1) is 6.10 Å². The molecule has 0 amide bonds. The maximum Gasteiger partial charge on any atom is 0.140 e. The molecule has 5 nitrogen and oxygen atoms in total. The summed E-state index contributed by atoms with van der Waals surface area (Å²) in [6.07, 6.45) is 0.638. The van der Waals surface area contributed by atoms with E-state index in [2.05, 4.69) is 10.1 Å². The molecule has 0 radical (unpaired) electrons. The Bertz CT molecular complexity index is 368. The van der Waals surface area contributed by atoms with Gasteiger partial charge in [0.25, 0.3) is 0 Å². The quantitative estimate of drug-likeness (QED) is 0.335. The largest absolute Gasteiger partial charge is 0.409 e. The topological polar surface area (TPSA) is 71.1 Å². The van der Waals surface area contributed by atoms with Crippen molar-refractivity contribution >= 4 is 11.5 Å². The van der Waals surface area contributed by atoms with Gasteiger partial charge in [0, 0.05) is 32.3 Å². The van der Waals surface area contributed by atoms with Crippen molar-refractivity contribution in [1.82, 2.24) is 0 Å². The fourth-order valence-corrected chi connectivity index (χ4v) is 1.65. The van der Waals surface area contributed by atoms with Crippen molar-refractivity contribution in [3.63, 3.8) is 0 Å². The van der Waals surface area contributed by atoms with Gasteiger partial charge in [-0.15, -0.1) is 0 Å². The van der Waals surface area contributed by atoms with E-state index in [4.69, 9.17) is 15.7 Å². The summed E-state index contributed by atoms with van der Waals surface area (Å²) in [5.74, 6) is 0.237. The van der Waals surface area contributed by atoms with Gasteiger partial charge in [0.15, 0.2) is 0 Å². The van der Waals surface area contributed by atoms with Crippen LogP contribution in [0.3, 0.4) is 0 Å². The van der Waals surface area contributed by atoms with Gasteiger partial charge in [0.1, 0.15) is 5.84 Å². The first kappa shape index (κ1) is 14.3. The number of nitrogens with two attached hydrogens (primary N) is 1. The molecule has 0 aliphatic heterocycles. The Hall–Kier alpha value is -1.75. The molecular weight excluding hydrogens is 230 g/mol. The molecule has 1 unspecified atom stereocenters. The zero-order chi connectivity index (χ0) is 13.4. The summed E-state index contributed by atoms with van der Waals surface area (Å²) in [5, 5.41) is 11.6. The number of ether oxygens (including phenoxy) is 1. The third-order valence-electron chi connectivity index (χ3n) is 2.77. The van der Waals surface area contributed by atoms with E-state index in [-0.39, 0.29) is 11.9 Å². The van der Waals surface area contributed by atoms with E-state index in [0.29, 0.717) is 13.0 Å². The Kier molecular flexibility index (Phi) is 6.00. The van der Waals surface area contributed by atoms with Gasteiger partial charge in [0.2, 0.25) is 0 Å². The average molecular weight is 251 g/mol. The lowest BCUT2D eigenvalue weighted by molar-refractivity contribution is 0.123.